The zero-order chi connectivity index (χ0) is 23.2. The van der Waals surface area contributed by atoms with Gasteiger partial charge in [-0.25, -0.2) is 8.78 Å². The molecular formula is C26H22F2N2O3. The number of benzene rings is 3. The van der Waals surface area contributed by atoms with Gasteiger partial charge in [-0.2, -0.15) is 5.10 Å². The summed E-state index contributed by atoms with van der Waals surface area (Å²) in [5.74, 6) is -0.468. The summed E-state index contributed by atoms with van der Waals surface area (Å²) in [6.45, 7) is 0.762. The van der Waals surface area contributed by atoms with Crippen molar-refractivity contribution in [1.82, 2.24) is 9.78 Å². The van der Waals surface area contributed by atoms with E-state index in [1.807, 2.05) is 48.5 Å². The third kappa shape index (κ3) is 5.44. The molecule has 0 unspecified atom stereocenters. The summed E-state index contributed by atoms with van der Waals surface area (Å²) < 4.78 is 40.5. The Labute approximate surface area is 190 Å². The number of hydrogen-bond acceptors (Lipinski definition) is 4. The van der Waals surface area contributed by atoms with Crippen molar-refractivity contribution in [3.8, 4) is 11.5 Å². The van der Waals surface area contributed by atoms with Gasteiger partial charge in [-0.1, -0.05) is 36.4 Å². The Morgan fingerprint density at radius 1 is 0.939 bits per heavy atom. The number of methoxy groups -OCH3 is 1. The molecule has 168 valence electrons. The standard InChI is InChI=1S/C26H22F2N2O3/c1-32-20-11-9-18(10-12-20)17-33-26-8-3-2-5-19(26)16-30-14-13-24(29-30)25(31)15-21-22(27)6-4-7-23(21)28/h2-14H,15-17H2,1H3. The van der Waals surface area contributed by atoms with Gasteiger partial charge in [0, 0.05) is 23.7 Å². The molecule has 4 rings (SSSR count). The van der Waals surface area contributed by atoms with Gasteiger partial charge < -0.3 is 9.47 Å². The molecule has 0 radical (unpaired) electrons. The zero-order valence-electron chi connectivity index (χ0n) is 18.0. The molecule has 0 aliphatic heterocycles. The van der Waals surface area contributed by atoms with E-state index in [4.69, 9.17) is 9.47 Å². The Bertz CT molecular complexity index is 1230. The van der Waals surface area contributed by atoms with Crippen molar-refractivity contribution in [3.05, 3.63) is 113 Å². The van der Waals surface area contributed by atoms with Crippen molar-refractivity contribution in [2.45, 2.75) is 19.6 Å². The molecule has 0 bridgehead atoms. The largest absolute Gasteiger partial charge is 0.497 e. The van der Waals surface area contributed by atoms with Crippen molar-refractivity contribution in [2.24, 2.45) is 0 Å². The molecule has 1 heterocycles. The van der Waals surface area contributed by atoms with Crippen molar-refractivity contribution in [2.75, 3.05) is 7.11 Å². The van der Waals surface area contributed by atoms with Gasteiger partial charge in [0.25, 0.3) is 0 Å². The highest BCUT2D eigenvalue weighted by Crippen LogP contribution is 2.22. The summed E-state index contributed by atoms with van der Waals surface area (Å²) >= 11 is 0. The van der Waals surface area contributed by atoms with Gasteiger partial charge in [0.05, 0.1) is 13.7 Å². The molecule has 0 aliphatic rings. The minimum Gasteiger partial charge on any atom is -0.497 e. The van der Waals surface area contributed by atoms with Crippen LogP contribution in [-0.2, 0) is 19.6 Å². The van der Waals surface area contributed by atoms with Crippen LogP contribution in [0.4, 0.5) is 8.78 Å². The van der Waals surface area contributed by atoms with Crippen molar-refractivity contribution in [1.29, 1.82) is 0 Å². The molecule has 0 spiro atoms. The SMILES string of the molecule is COc1ccc(COc2ccccc2Cn2ccc(C(=O)Cc3c(F)cccc3F)n2)cc1. The van der Waals surface area contributed by atoms with E-state index in [0.29, 0.717) is 18.9 Å². The van der Waals surface area contributed by atoms with E-state index in [9.17, 15) is 13.6 Å². The van der Waals surface area contributed by atoms with E-state index in [2.05, 4.69) is 5.10 Å². The van der Waals surface area contributed by atoms with E-state index in [0.717, 1.165) is 29.0 Å². The average Bonchev–Trinajstić information content (AvgIpc) is 3.30. The Morgan fingerprint density at radius 2 is 1.67 bits per heavy atom. The van der Waals surface area contributed by atoms with Gasteiger partial charge in [-0.3, -0.25) is 9.48 Å². The fourth-order valence-electron chi connectivity index (χ4n) is 3.38. The molecule has 0 saturated heterocycles. The number of aromatic nitrogens is 2. The second-order valence-corrected chi connectivity index (χ2v) is 7.44. The first-order valence-electron chi connectivity index (χ1n) is 10.4. The van der Waals surface area contributed by atoms with Crippen LogP contribution in [0.15, 0.2) is 79.0 Å². The second kappa shape index (κ2) is 10.1. The average molecular weight is 448 g/mol. The Morgan fingerprint density at radius 3 is 2.39 bits per heavy atom. The molecule has 7 heteroatoms. The highest BCUT2D eigenvalue weighted by atomic mass is 19.1. The van der Waals surface area contributed by atoms with Crippen LogP contribution in [0.2, 0.25) is 0 Å². The summed E-state index contributed by atoms with van der Waals surface area (Å²) in [5.41, 5.74) is 1.77. The molecule has 1 aromatic heterocycles. The third-order valence-corrected chi connectivity index (χ3v) is 5.18. The molecule has 3 aromatic carbocycles. The monoisotopic (exact) mass is 448 g/mol. The van der Waals surface area contributed by atoms with Crippen molar-refractivity contribution in [3.63, 3.8) is 0 Å². The maximum Gasteiger partial charge on any atom is 0.187 e. The number of carbonyl (C=O) groups excluding carboxylic acids is 1. The molecule has 0 N–H and O–H groups in total. The number of hydrogen-bond donors (Lipinski definition) is 0. The van der Waals surface area contributed by atoms with Crippen molar-refractivity contribution >= 4 is 5.78 Å². The Balaban J connectivity index is 1.43. The lowest BCUT2D eigenvalue weighted by molar-refractivity contribution is 0.0985. The number of para-hydroxylation sites is 1. The van der Waals surface area contributed by atoms with E-state index >= 15 is 0 Å². The number of halogens is 2. The molecule has 4 aromatic rings. The Hall–Kier alpha value is -4.00. The number of nitrogens with zero attached hydrogens (tertiary/aromatic N) is 2. The first kappa shape index (κ1) is 22.2. The summed E-state index contributed by atoms with van der Waals surface area (Å²) in [6.07, 6.45) is 1.27. The normalized spacial score (nSPS) is 10.8. The minimum atomic E-state index is -0.745. The highest BCUT2D eigenvalue weighted by Gasteiger charge is 2.17. The van der Waals surface area contributed by atoms with Crippen LogP contribution in [0.25, 0.3) is 0 Å². The molecule has 0 aliphatic carbocycles. The number of carbonyl (C=O) groups is 1. The first-order chi connectivity index (χ1) is 16.0. The van der Waals surface area contributed by atoms with E-state index < -0.39 is 23.8 Å². The molecule has 33 heavy (non-hydrogen) atoms. The van der Waals surface area contributed by atoms with Crippen molar-refractivity contribution < 1.29 is 23.0 Å². The van der Waals surface area contributed by atoms with Crippen LogP contribution in [0.3, 0.4) is 0 Å². The highest BCUT2D eigenvalue weighted by molar-refractivity contribution is 5.95. The molecule has 0 fully saturated rings. The quantitative estimate of drug-likeness (QED) is 0.330. The fraction of sp³-hybridized carbons (Fsp3) is 0.154. The topological polar surface area (TPSA) is 53.4 Å². The van der Waals surface area contributed by atoms with Gasteiger partial charge in [-0.05, 0) is 42.0 Å². The van der Waals surface area contributed by atoms with E-state index in [1.54, 1.807) is 24.1 Å². The van der Waals surface area contributed by atoms with Crippen LogP contribution in [-0.4, -0.2) is 22.7 Å². The zero-order valence-corrected chi connectivity index (χ0v) is 18.0. The Kier molecular flexibility index (Phi) is 6.78. The van der Waals surface area contributed by atoms with E-state index in [-0.39, 0.29) is 11.3 Å². The number of ether oxygens (including phenoxy) is 2. The molecule has 5 nitrogen and oxygen atoms in total. The predicted octanol–water partition coefficient (Wildman–Crippen LogP) is 5.22. The van der Waals surface area contributed by atoms with Gasteiger partial charge in [-0.15, -0.1) is 0 Å². The van der Waals surface area contributed by atoms with Crippen LogP contribution in [0, 0.1) is 11.6 Å². The second-order valence-electron chi connectivity index (χ2n) is 7.44. The van der Waals surface area contributed by atoms with Gasteiger partial charge >= 0.3 is 0 Å². The van der Waals surface area contributed by atoms with Crippen LogP contribution < -0.4 is 9.47 Å². The van der Waals surface area contributed by atoms with Crippen LogP contribution >= 0.6 is 0 Å². The molecular weight excluding hydrogens is 426 g/mol. The summed E-state index contributed by atoms with van der Waals surface area (Å²) in [6, 6.07) is 20.3. The van der Waals surface area contributed by atoms with Gasteiger partial charge in [0.15, 0.2) is 5.78 Å². The third-order valence-electron chi connectivity index (χ3n) is 5.18. The number of Topliss-reactive ketones (excluding diaryl/α,β-unsaturated/α-hetero) is 1. The minimum absolute atomic E-state index is 0.147. The van der Waals surface area contributed by atoms with Gasteiger partial charge in [0.1, 0.15) is 35.4 Å². The lowest BCUT2D eigenvalue weighted by atomic mass is 10.1. The number of rotatable bonds is 9. The maximum atomic E-state index is 13.9. The summed E-state index contributed by atoms with van der Waals surface area (Å²) in [5, 5.41) is 4.29. The molecule has 0 atom stereocenters. The fourth-order valence-corrected chi connectivity index (χ4v) is 3.38. The molecule has 0 saturated carbocycles. The van der Waals surface area contributed by atoms with E-state index in [1.165, 1.54) is 6.07 Å². The summed E-state index contributed by atoms with van der Waals surface area (Å²) in [4.78, 5) is 12.5. The lowest BCUT2D eigenvalue weighted by Crippen LogP contribution is -2.10. The predicted molar refractivity (Wildman–Crippen MR) is 119 cm³/mol. The van der Waals surface area contributed by atoms with Gasteiger partial charge in [0.2, 0.25) is 0 Å². The smallest absolute Gasteiger partial charge is 0.187 e. The van der Waals surface area contributed by atoms with Crippen LogP contribution in [0.5, 0.6) is 11.5 Å². The lowest BCUT2D eigenvalue weighted by Gasteiger charge is -2.12. The maximum absolute atomic E-state index is 13.9. The van der Waals surface area contributed by atoms with Crippen LogP contribution in [0.1, 0.15) is 27.2 Å². The first-order valence-corrected chi connectivity index (χ1v) is 10.4. The molecule has 0 amide bonds. The summed E-state index contributed by atoms with van der Waals surface area (Å²) in [7, 11) is 1.62. The number of ketones is 1.